The van der Waals surface area contributed by atoms with Crippen LogP contribution in [0, 0.1) is 11.8 Å². The van der Waals surface area contributed by atoms with E-state index >= 15 is 0 Å². The maximum absolute atomic E-state index is 12.2. The summed E-state index contributed by atoms with van der Waals surface area (Å²) in [5, 5.41) is 4.04. The molecule has 1 aliphatic rings. The average molecular weight is 300 g/mol. The van der Waals surface area contributed by atoms with Gasteiger partial charge in [0.25, 0.3) is 5.56 Å². The van der Waals surface area contributed by atoms with E-state index in [-0.39, 0.29) is 29.3 Å². The van der Waals surface area contributed by atoms with Crippen LogP contribution in [0.2, 0.25) is 0 Å². The van der Waals surface area contributed by atoms with Crippen LogP contribution in [0.3, 0.4) is 0 Å². The second kappa shape index (κ2) is 5.29. The molecule has 1 amide bonds. The van der Waals surface area contributed by atoms with E-state index in [9.17, 15) is 14.4 Å². The molecular weight excluding hydrogens is 284 g/mol. The van der Waals surface area contributed by atoms with E-state index in [1.54, 1.807) is 37.5 Å². The van der Waals surface area contributed by atoms with Gasteiger partial charge in [0.1, 0.15) is 0 Å². The van der Waals surface area contributed by atoms with Gasteiger partial charge in [-0.3, -0.25) is 14.4 Å². The standard InChI is InChI=1S/C16H16N2O4/c1-18-7-6-9-10(15(18)20)4-3-5-13(9)17-14(19)11-8-12(11)16(21)22-2/h3-7,11-12H,8H2,1-2H3,(H,17,19)/t11-,12+/m0/s1. The van der Waals surface area contributed by atoms with Crippen LogP contribution in [0.5, 0.6) is 0 Å². The Kier molecular flexibility index (Phi) is 3.44. The topological polar surface area (TPSA) is 77.4 Å². The molecule has 1 aliphatic carbocycles. The number of carbonyl (C=O) groups excluding carboxylic acids is 2. The monoisotopic (exact) mass is 300 g/mol. The fourth-order valence-electron chi connectivity index (χ4n) is 2.61. The summed E-state index contributed by atoms with van der Waals surface area (Å²) in [6.07, 6.45) is 2.17. The summed E-state index contributed by atoms with van der Waals surface area (Å²) in [6, 6.07) is 6.98. The third-order valence-electron chi connectivity index (χ3n) is 4.01. The number of hydrogen-bond acceptors (Lipinski definition) is 4. The highest BCUT2D eigenvalue weighted by atomic mass is 16.5. The van der Waals surface area contributed by atoms with Crippen LogP contribution in [0.4, 0.5) is 5.69 Å². The zero-order chi connectivity index (χ0) is 15.9. The molecule has 22 heavy (non-hydrogen) atoms. The van der Waals surface area contributed by atoms with E-state index in [0.717, 1.165) is 0 Å². The molecule has 6 heteroatoms. The summed E-state index contributed by atoms with van der Waals surface area (Å²) in [5.41, 5.74) is 0.461. The molecule has 1 N–H and O–H groups in total. The smallest absolute Gasteiger partial charge is 0.309 e. The van der Waals surface area contributed by atoms with Gasteiger partial charge >= 0.3 is 5.97 Å². The number of methoxy groups -OCH3 is 1. The van der Waals surface area contributed by atoms with Gasteiger partial charge in [-0.25, -0.2) is 0 Å². The fourth-order valence-corrected chi connectivity index (χ4v) is 2.61. The SMILES string of the molecule is COC(=O)[C@@H]1C[C@@H]1C(=O)Nc1cccc2c(=O)n(C)ccc12. The fraction of sp³-hybridized carbons (Fsp3) is 0.312. The van der Waals surface area contributed by atoms with Crippen molar-refractivity contribution in [1.29, 1.82) is 0 Å². The highest BCUT2D eigenvalue weighted by Gasteiger charge is 2.49. The summed E-state index contributed by atoms with van der Waals surface area (Å²) < 4.78 is 6.13. The molecule has 6 nitrogen and oxygen atoms in total. The molecule has 1 aromatic carbocycles. The summed E-state index contributed by atoms with van der Waals surface area (Å²) in [6.45, 7) is 0. The van der Waals surface area contributed by atoms with Crippen molar-refractivity contribution >= 4 is 28.3 Å². The molecule has 0 bridgehead atoms. The molecule has 114 valence electrons. The van der Waals surface area contributed by atoms with Gasteiger partial charge in [-0.1, -0.05) is 6.07 Å². The molecule has 1 heterocycles. The number of amides is 1. The minimum Gasteiger partial charge on any atom is -0.469 e. The zero-order valence-electron chi connectivity index (χ0n) is 12.3. The number of benzene rings is 1. The second-order valence-corrected chi connectivity index (χ2v) is 5.46. The molecule has 3 rings (SSSR count). The summed E-state index contributed by atoms with van der Waals surface area (Å²) >= 11 is 0. The van der Waals surface area contributed by atoms with E-state index in [1.165, 1.54) is 11.7 Å². The minimum atomic E-state index is -0.355. The van der Waals surface area contributed by atoms with Crippen LogP contribution in [0.15, 0.2) is 35.3 Å². The normalized spacial score (nSPS) is 19.7. The van der Waals surface area contributed by atoms with E-state index in [0.29, 0.717) is 22.9 Å². The Bertz CT molecular complexity index is 824. The largest absolute Gasteiger partial charge is 0.469 e. The summed E-state index contributed by atoms with van der Waals surface area (Å²) in [4.78, 5) is 35.7. The van der Waals surface area contributed by atoms with Gasteiger partial charge < -0.3 is 14.6 Å². The van der Waals surface area contributed by atoms with Gasteiger partial charge in [-0.2, -0.15) is 0 Å². The molecule has 0 saturated heterocycles. The van der Waals surface area contributed by atoms with Gasteiger partial charge in [-0.15, -0.1) is 0 Å². The number of rotatable bonds is 3. The van der Waals surface area contributed by atoms with E-state index in [1.807, 2.05) is 0 Å². The number of aryl methyl sites for hydroxylation is 1. The van der Waals surface area contributed by atoms with Crippen LogP contribution < -0.4 is 10.9 Å². The van der Waals surface area contributed by atoms with Crippen LogP contribution in [-0.2, 0) is 21.4 Å². The number of anilines is 1. The lowest BCUT2D eigenvalue weighted by molar-refractivity contribution is -0.143. The first-order valence-electron chi connectivity index (χ1n) is 7.00. The third-order valence-corrected chi connectivity index (χ3v) is 4.01. The van der Waals surface area contributed by atoms with Gasteiger partial charge in [-0.05, 0) is 24.6 Å². The van der Waals surface area contributed by atoms with Crippen molar-refractivity contribution < 1.29 is 14.3 Å². The van der Waals surface area contributed by atoms with E-state index in [4.69, 9.17) is 0 Å². The van der Waals surface area contributed by atoms with E-state index < -0.39 is 0 Å². The molecule has 0 radical (unpaired) electrons. The number of nitrogens with one attached hydrogen (secondary N) is 1. The van der Waals surface area contributed by atoms with Crippen LogP contribution in [0.1, 0.15) is 6.42 Å². The Hall–Kier alpha value is -2.63. The molecule has 0 unspecified atom stereocenters. The number of fused-ring (bicyclic) bond motifs is 1. The van der Waals surface area contributed by atoms with Crippen molar-refractivity contribution in [2.45, 2.75) is 6.42 Å². The number of esters is 1. The van der Waals surface area contributed by atoms with Crippen LogP contribution >= 0.6 is 0 Å². The lowest BCUT2D eigenvalue weighted by atomic mass is 10.1. The molecule has 2 atom stereocenters. The number of pyridine rings is 1. The predicted molar refractivity (Wildman–Crippen MR) is 81.4 cm³/mol. The van der Waals surface area contributed by atoms with E-state index in [2.05, 4.69) is 10.1 Å². The van der Waals surface area contributed by atoms with Gasteiger partial charge in [0, 0.05) is 29.7 Å². The predicted octanol–water partition coefficient (Wildman–Crippen LogP) is 1.29. The number of carbonyl (C=O) groups is 2. The maximum Gasteiger partial charge on any atom is 0.309 e. The lowest BCUT2D eigenvalue weighted by Gasteiger charge is -2.09. The quantitative estimate of drug-likeness (QED) is 0.866. The Balaban J connectivity index is 1.86. The highest BCUT2D eigenvalue weighted by molar-refractivity contribution is 6.04. The molecule has 1 aromatic heterocycles. The van der Waals surface area contributed by atoms with Crippen molar-refractivity contribution in [2.75, 3.05) is 12.4 Å². The van der Waals surface area contributed by atoms with Gasteiger partial charge in [0.15, 0.2) is 0 Å². The first kappa shape index (κ1) is 14.3. The van der Waals surface area contributed by atoms with Crippen molar-refractivity contribution in [3.8, 4) is 0 Å². The Labute approximate surface area is 126 Å². The van der Waals surface area contributed by atoms with Gasteiger partial charge in [0.05, 0.1) is 18.9 Å². The highest BCUT2D eigenvalue weighted by Crippen LogP contribution is 2.40. The first-order valence-corrected chi connectivity index (χ1v) is 7.00. The molecular formula is C16H16N2O4. The number of hydrogen-bond donors (Lipinski definition) is 1. The molecule has 1 saturated carbocycles. The van der Waals surface area contributed by atoms with Crippen molar-refractivity contribution in [3.05, 3.63) is 40.8 Å². The van der Waals surface area contributed by atoms with Crippen LogP contribution in [0.25, 0.3) is 10.8 Å². The maximum atomic E-state index is 12.2. The van der Waals surface area contributed by atoms with Gasteiger partial charge in [0.2, 0.25) is 5.91 Å². The van der Waals surface area contributed by atoms with Crippen molar-refractivity contribution in [2.24, 2.45) is 18.9 Å². The Morgan fingerprint density at radius 2 is 2.00 bits per heavy atom. The molecule has 1 fully saturated rings. The van der Waals surface area contributed by atoms with Crippen molar-refractivity contribution in [1.82, 2.24) is 4.57 Å². The minimum absolute atomic E-state index is 0.118. The Morgan fingerprint density at radius 1 is 1.23 bits per heavy atom. The Morgan fingerprint density at radius 3 is 2.73 bits per heavy atom. The first-order chi connectivity index (χ1) is 10.5. The molecule has 2 aromatic rings. The second-order valence-electron chi connectivity index (χ2n) is 5.46. The zero-order valence-corrected chi connectivity index (χ0v) is 12.3. The average Bonchev–Trinajstić information content (AvgIpc) is 3.31. The molecule has 0 aliphatic heterocycles. The summed E-state index contributed by atoms with van der Waals surface area (Å²) in [5.74, 6) is -1.28. The number of nitrogens with zero attached hydrogens (tertiary/aromatic N) is 1. The number of ether oxygens (including phenoxy) is 1. The lowest BCUT2D eigenvalue weighted by Crippen LogP contribution is -2.19. The molecule has 0 spiro atoms. The summed E-state index contributed by atoms with van der Waals surface area (Å²) in [7, 11) is 2.99. The van der Waals surface area contributed by atoms with Crippen molar-refractivity contribution in [3.63, 3.8) is 0 Å². The third kappa shape index (κ3) is 2.36. The number of aromatic nitrogens is 1. The van der Waals surface area contributed by atoms with Crippen LogP contribution in [-0.4, -0.2) is 23.6 Å².